The van der Waals surface area contributed by atoms with Crippen molar-refractivity contribution in [2.75, 3.05) is 19.0 Å². The fraction of sp³-hybridized carbons (Fsp3) is 0.111. The molecule has 0 aliphatic carbocycles. The van der Waals surface area contributed by atoms with E-state index in [1.807, 2.05) is 6.07 Å². The standard InChI is InChI=1S/C18H18N2O3/c1-3-11-19-17(21)13-7-6-8-14(12-13)18(22)20-15-9-4-5-10-16(15)23-2/h3-10,12H,1,11H2,2H3,(H,19,21)(H,20,22). The quantitative estimate of drug-likeness (QED) is 0.806. The molecule has 0 aliphatic rings. The van der Waals surface area contributed by atoms with Gasteiger partial charge in [0, 0.05) is 17.7 Å². The number of methoxy groups -OCH3 is 1. The Hall–Kier alpha value is -3.08. The van der Waals surface area contributed by atoms with Gasteiger partial charge < -0.3 is 15.4 Å². The Kier molecular flexibility index (Phi) is 5.52. The van der Waals surface area contributed by atoms with Gasteiger partial charge in [0.2, 0.25) is 0 Å². The largest absolute Gasteiger partial charge is 0.495 e. The highest BCUT2D eigenvalue weighted by molar-refractivity contribution is 6.06. The first-order valence-electron chi connectivity index (χ1n) is 7.09. The number of hydrogen-bond acceptors (Lipinski definition) is 3. The molecule has 0 spiro atoms. The zero-order valence-corrected chi connectivity index (χ0v) is 12.8. The Morgan fingerprint density at radius 3 is 2.48 bits per heavy atom. The van der Waals surface area contributed by atoms with Crippen LogP contribution in [-0.2, 0) is 0 Å². The predicted octanol–water partition coefficient (Wildman–Crippen LogP) is 2.86. The maximum Gasteiger partial charge on any atom is 0.255 e. The Morgan fingerprint density at radius 1 is 1.09 bits per heavy atom. The highest BCUT2D eigenvalue weighted by Crippen LogP contribution is 2.23. The summed E-state index contributed by atoms with van der Waals surface area (Å²) in [7, 11) is 1.54. The fourth-order valence-electron chi connectivity index (χ4n) is 2.01. The first kappa shape index (κ1) is 16.3. The van der Waals surface area contributed by atoms with Crippen molar-refractivity contribution >= 4 is 17.5 Å². The third-order valence-corrected chi connectivity index (χ3v) is 3.15. The molecule has 0 saturated carbocycles. The minimum Gasteiger partial charge on any atom is -0.495 e. The molecule has 0 aliphatic heterocycles. The van der Waals surface area contributed by atoms with Crippen LogP contribution < -0.4 is 15.4 Å². The van der Waals surface area contributed by atoms with E-state index >= 15 is 0 Å². The van der Waals surface area contributed by atoms with E-state index in [9.17, 15) is 9.59 Å². The van der Waals surface area contributed by atoms with Crippen LogP contribution in [0.2, 0.25) is 0 Å². The Balaban J connectivity index is 2.16. The lowest BCUT2D eigenvalue weighted by Crippen LogP contribution is -2.23. The number of benzene rings is 2. The van der Waals surface area contributed by atoms with Crippen LogP contribution in [-0.4, -0.2) is 25.5 Å². The summed E-state index contributed by atoms with van der Waals surface area (Å²) >= 11 is 0. The Labute approximate surface area is 135 Å². The molecule has 23 heavy (non-hydrogen) atoms. The summed E-state index contributed by atoms with van der Waals surface area (Å²) in [5.41, 5.74) is 1.38. The molecule has 0 fully saturated rings. The molecule has 2 N–H and O–H groups in total. The van der Waals surface area contributed by atoms with Crippen molar-refractivity contribution in [1.29, 1.82) is 0 Å². The van der Waals surface area contributed by atoms with Crippen molar-refractivity contribution in [3.05, 3.63) is 72.3 Å². The summed E-state index contributed by atoms with van der Waals surface area (Å²) in [5.74, 6) is 0.00504. The molecule has 0 radical (unpaired) electrons. The van der Waals surface area contributed by atoms with E-state index in [2.05, 4.69) is 17.2 Å². The van der Waals surface area contributed by atoms with E-state index in [0.29, 0.717) is 29.1 Å². The van der Waals surface area contributed by atoms with E-state index in [1.54, 1.807) is 48.5 Å². The zero-order chi connectivity index (χ0) is 16.7. The maximum atomic E-state index is 12.4. The van der Waals surface area contributed by atoms with Gasteiger partial charge in [0.05, 0.1) is 12.8 Å². The van der Waals surface area contributed by atoms with Crippen molar-refractivity contribution in [3.8, 4) is 5.75 Å². The van der Waals surface area contributed by atoms with Gasteiger partial charge in [-0.3, -0.25) is 9.59 Å². The van der Waals surface area contributed by atoms with Crippen molar-refractivity contribution in [2.24, 2.45) is 0 Å². The summed E-state index contributed by atoms with van der Waals surface area (Å²) in [5, 5.41) is 5.45. The minimum atomic E-state index is -0.312. The minimum absolute atomic E-state index is 0.253. The summed E-state index contributed by atoms with van der Waals surface area (Å²) in [4.78, 5) is 24.3. The van der Waals surface area contributed by atoms with Gasteiger partial charge in [0.25, 0.3) is 11.8 Å². The molecule has 2 rings (SSSR count). The number of anilines is 1. The van der Waals surface area contributed by atoms with Gasteiger partial charge >= 0.3 is 0 Å². The lowest BCUT2D eigenvalue weighted by atomic mass is 10.1. The molecule has 0 aromatic heterocycles. The molecular weight excluding hydrogens is 292 g/mol. The van der Waals surface area contributed by atoms with Gasteiger partial charge in [0.15, 0.2) is 0 Å². The maximum absolute atomic E-state index is 12.4. The van der Waals surface area contributed by atoms with Crippen LogP contribution in [0, 0.1) is 0 Å². The third-order valence-electron chi connectivity index (χ3n) is 3.15. The van der Waals surface area contributed by atoms with Gasteiger partial charge in [-0.1, -0.05) is 24.3 Å². The average molecular weight is 310 g/mol. The van der Waals surface area contributed by atoms with Gasteiger partial charge in [0.1, 0.15) is 5.75 Å². The third kappa shape index (κ3) is 4.20. The number of hydrogen-bond donors (Lipinski definition) is 2. The topological polar surface area (TPSA) is 67.4 Å². The number of ether oxygens (including phenoxy) is 1. The number of amides is 2. The second-order valence-electron chi connectivity index (χ2n) is 4.73. The predicted molar refractivity (Wildman–Crippen MR) is 89.9 cm³/mol. The van der Waals surface area contributed by atoms with E-state index in [4.69, 9.17) is 4.74 Å². The summed E-state index contributed by atoms with van der Waals surface area (Å²) in [6.07, 6.45) is 1.59. The van der Waals surface area contributed by atoms with E-state index < -0.39 is 0 Å². The molecular formula is C18H18N2O3. The molecule has 5 heteroatoms. The van der Waals surface area contributed by atoms with E-state index in [0.717, 1.165) is 0 Å². The van der Waals surface area contributed by atoms with Crippen molar-refractivity contribution < 1.29 is 14.3 Å². The smallest absolute Gasteiger partial charge is 0.255 e. The normalized spacial score (nSPS) is 9.78. The molecule has 2 amide bonds. The number of para-hydroxylation sites is 2. The van der Waals surface area contributed by atoms with Crippen LogP contribution in [0.3, 0.4) is 0 Å². The van der Waals surface area contributed by atoms with Crippen LogP contribution in [0.1, 0.15) is 20.7 Å². The van der Waals surface area contributed by atoms with Crippen molar-refractivity contribution in [2.45, 2.75) is 0 Å². The van der Waals surface area contributed by atoms with Crippen LogP contribution in [0.25, 0.3) is 0 Å². The monoisotopic (exact) mass is 310 g/mol. The number of nitrogens with one attached hydrogen (secondary N) is 2. The highest BCUT2D eigenvalue weighted by atomic mass is 16.5. The number of carbonyl (C=O) groups excluding carboxylic acids is 2. The molecule has 0 atom stereocenters. The zero-order valence-electron chi connectivity index (χ0n) is 12.8. The lowest BCUT2D eigenvalue weighted by molar-refractivity contribution is 0.0958. The molecule has 0 heterocycles. The van der Waals surface area contributed by atoms with Gasteiger partial charge in [-0.05, 0) is 30.3 Å². The number of carbonyl (C=O) groups is 2. The van der Waals surface area contributed by atoms with Crippen molar-refractivity contribution in [1.82, 2.24) is 5.32 Å². The fourth-order valence-corrected chi connectivity index (χ4v) is 2.01. The average Bonchev–Trinajstić information content (AvgIpc) is 2.60. The van der Waals surface area contributed by atoms with Gasteiger partial charge in [-0.15, -0.1) is 6.58 Å². The van der Waals surface area contributed by atoms with Crippen molar-refractivity contribution in [3.63, 3.8) is 0 Å². The first-order chi connectivity index (χ1) is 11.2. The molecule has 118 valence electrons. The first-order valence-corrected chi connectivity index (χ1v) is 7.09. The molecule has 2 aromatic carbocycles. The van der Waals surface area contributed by atoms with Crippen LogP contribution in [0.5, 0.6) is 5.75 Å². The SMILES string of the molecule is C=CCNC(=O)c1cccc(C(=O)Nc2ccccc2OC)c1. The second kappa shape index (κ2) is 7.79. The summed E-state index contributed by atoms with van der Waals surface area (Å²) in [6.45, 7) is 3.92. The molecule has 2 aromatic rings. The summed E-state index contributed by atoms with van der Waals surface area (Å²) < 4.78 is 5.20. The van der Waals surface area contributed by atoms with Crippen LogP contribution >= 0.6 is 0 Å². The van der Waals surface area contributed by atoms with E-state index in [1.165, 1.54) is 7.11 Å². The molecule has 0 unspecified atom stereocenters. The number of rotatable bonds is 6. The van der Waals surface area contributed by atoms with Crippen LogP contribution in [0.4, 0.5) is 5.69 Å². The van der Waals surface area contributed by atoms with Gasteiger partial charge in [-0.2, -0.15) is 0 Å². The van der Waals surface area contributed by atoms with Gasteiger partial charge in [-0.25, -0.2) is 0 Å². The Morgan fingerprint density at radius 2 is 1.78 bits per heavy atom. The van der Waals surface area contributed by atoms with E-state index in [-0.39, 0.29) is 11.8 Å². The lowest BCUT2D eigenvalue weighted by Gasteiger charge is -2.10. The highest BCUT2D eigenvalue weighted by Gasteiger charge is 2.12. The Bertz CT molecular complexity index is 726. The summed E-state index contributed by atoms with van der Waals surface area (Å²) in [6, 6.07) is 13.6. The second-order valence-corrected chi connectivity index (χ2v) is 4.73. The molecule has 0 saturated heterocycles. The molecule has 0 bridgehead atoms. The molecule has 5 nitrogen and oxygen atoms in total. The van der Waals surface area contributed by atoms with Crippen LogP contribution in [0.15, 0.2) is 61.2 Å².